The van der Waals surface area contributed by atoms with Crippen LogP contribution in [0.5, 0.6) is 0 Å². The molecule has 0 saturated heterocycles. The minimum absolute atomic E-state index is 0.184. The topological polar surface area (TPSA) is 54.2 Å². The molecule has 0 bridgehead atoms. The minimum Gasteiger partial charge on any atom is -0.357 e. The molecule has 0 spiro atoms. The van der Waals surface area contributed by atoms with Crippen molar-refractivity contribution in [3.8, 4) is 0 Å². The maximum absolute atomic E-state index is 13.1. The summed E-state index contributed by atoms with van der Waals surface area (Å²) >= 11 is 0. The van der Waals surface area contributed by atoms with Crippen molar-refractivity contribution >= 4 is 5.96 Å². The molecular formula is C19H28FN5. The quantitative estimate of drug-likeness (QED) is 0.439. The number of nitrogens with one attached hydrogen (secondary N) is 2. The smallest absolute Gasteiger partial charge is 0.191 e. The van der Waals surface area contributed by atoms with E-state index in [0.29, 0.717) is 0 Å². The molecule has 0 aliphatic carbocycles. The molecule has 25 heavy (non-hydrogen) atoms. The van der Waals surface area contributed by atoms with Crippen LogP contribution in [0.1, 0.15) is 30.0 Å². The van der Waals surface area contributed by atoms with Gasteiger partial charge in [-0.15, -0.1) is 0 Å². The van der Waals surface area contributed by atoms with Crippen molar-refractivity contribution < 1.29 is 4.39 Å². The van der Waals surface area contributed by atoms with Crippen molar-refractivity contribution in [3.63, 3.8) is 0 Å². The molecule has 0 amide bonds. The van der Waals surface area contributed by atoms with Crippen LogP contribution in [0.15, 0.2) is 35.6 Å². The maximum atomic E-state index is 13.1. The molecule has 0 saturated carbocycles. The monoisotopic (exact) mass is 345 g/mol. The summed E-state index contributed by atoms with van der Waals surface area (Å²) in [5.74, 6) is 0.635. The van der Waals surface area contributed by atoms with Crippen molar-refractivity contribution in [2.45, 2.75) is 40.2 Å². The van der Waals surface area contributed by atoms with E-state index in [2.05, 4.69) is 20.7 Å². The Kier molecular flexibility index (Phi) is 7.44. The molecule has 0 atom stereocenters. The third-order valence-electron chi connectivity index (χ3n) is 3.91. The first-order valence-corrected chi connectivity index (χ1v) is 8.84. The fourth-order valence-electron chi connectivity index (χ4n) is 2.61. The van der Waals surface area contributed by atoms with Gasteiger partial charge in [0, 0.05) is 32.4 Å². The lowest BCUT2D eigenvalue weighted by atomic mass is 10.1. The Hall–Kier alpha value is -2.37. The van der Waals surface area contributed by atoms with Crippen LogP contribution in [-0.4, -0.2) is 35.4 Å². The molecular weight excluding hydrogens is 317 g/mol. The van der Waals surface area contributed by atoms with Crippen LogP contribution in [0.25, 0.3) is 0 Å². The number of hydrogen-bond acceptors (Lipinski definition) is 2. The molecule has 5 nitrogen and oxygen atoms in total. The van der Waals surface area contributed by atoms with Gasteiger partial charge in [0.15, 0.2) is 5.96 Å². The Morgan fingerprint density at radius 1 is 1.28 bits per heavy atom. The molecule has 0 aliphatic heterocycles. The molecule has 2 rings (SSSR count). The molecule has 0 radical (unpaired) electrons. The highest BCUT2D eigenvalue weighted by atomic mass is 19.1. The second-order valence-corrected chi connectivity index (χ2v) is 6.14. The van der Waals surface area contributed by atoms with Crippen molar-refractivity contribution in [2.24, 2.45) is 4.99 Å². The van der Waals surface area contributed by atoms with Crippen molar-refractivity contribution in [3.05, 3.63) is 53.1 Å². The molecule has 2 N–H and O–H groups in total. The predicted molar refractivity (Wildman–Crippen MR) is 100 cm³/mol. The number of aliphatic imine (C=N–C) groups is 1. The fraction of sp³-hybridized carbons (Fsp3) is 0.474. The molecule has 0 aliphatic rings. The van der Waals surface area contributed by atoms with E-state index in [0.717, 1.165) is 56.1 Å². The zero-order valence-corrected chi connectivity index (χ0v) is 15.3. The zero-order valence-electron chi connectivity index (χ0n) is 15.3. The van der Waals surface area contributed by atoms with Gasteiger partial charge >= 0.3 is 0 Å². The Morgan fingerprint density at radius 2 is 2.12 bits per heavy atom. The number of nitrogens with zero attached hydrogens (tertiary/aromatic N) is 3. The minimum atomic E-state index is -0.184. The summed E-state index contributed by atoms with van der Waals surface area (Å²) in [5, 5.41) is 10.9. The van der Waals surface area contributed by atoms with Crippen molar-refractivity contribution in [2.75, 3.05) is 19.6 Å². The SMILES string of the molecule is CCNC(=NCCCn1cc(C)cn1)NCCc1ccc(F)cc1C. The van der Waals surface area contributed by atoms with Gasteiger partial charge in [0.1, 0.15) is 5.82 Å². The van der Waals surface area contributed by atoms with E-state index in [4.69, 9.17) is 0 Å². The summed E-state index contributed by atoms with van der Waals surface area (Å²) in [4.78, 5) is 4.60. The number of halogens is 1. The molecule has 1 heterocycles. The van der Waals surface area contributed by atoms with E-state index in [9.17, 15) is 4.39 Å². The Balaban J connectivity index is 1.76. The summed E-state index contributed by atoms with van der Waals surface area (Å²) in [5.41, 5.74) is 3.31. The third kappa shape index (κ3) is 6.57. The van der Waals surface area contributed by atoms with Crippen LogP contribution < -0.4 is 10.6 Å². The second kappa shape index (κ2) is 9.81. The molecule has 6 heteroatoms. The van der Waals surface area contributed by atoms with Gasteiger partial charge in [0.2, 0.25) is 0 Å². The molecule has 1 aromatic carbocycles. The number of aromatic nitrogens is 2. The van der Waals surface area contributed by atoms with Gasteiger partial charge in [-0.2, -0.15) is 5.10 Å². The van der Waals surface area contributed by atoms with Crippen LogP contribution in [0.3, 0.4) is 0 Å². The van der Waals surface area contributed by atoms with Crippen LogP contribution in [0.4, 0.5) is 4.39 Å². The summed E-state index contributed by atoms with van der Waals surface area (Å²) in [7, 11) is 0. The number of rotatable bonds is 8. The normalized spacial score (nSPS) is 11.6. The first-order valence-electron chi connectivity index (χ1n) is 8.84. The van der Waals surface area contributed by atoms with Gasteiger partial charge in [-0.3, -0.25) is 9.67 Å². The van der Waals surface area contributed by atoms with Crippen LogP contribution >= 0.6 is 0 Å². The van der Waals surface area contributed by atoms with Gasteiger partial charge in [0.25, 0.3) is 0 Å². The van der Waals surface area contributed by atoms with Crippen molar-refractivity contribution in [1.29, 1.82) is 0 Å². The Morgan fingerprint density at radius 3 is 2.80 bits per heavy atom. The summed E-state index contributed by atoms with van der Waals surface area (Å²) < 4.78 is 15.1. The van der Waals surface area contributed by atoms with Gasteiger partial charge in [-0.1, -0.05) is 6.07 Å². The highest BCUT2D eigenvalue weighted by Gasteiger charge is 2.02. The standard InChI is InChI=1S/C19H28FN5/c1-4-21-19(22-9-5-11-25-14-15(2)13-24-25)23-10-8-17-6-7-18(20)12-16(17)3/h6-7,12-14H,4-5,8-11H2,1-3H3,(H2,21,22,23). The Bertz CT molecular complexity index is 693. The lowest BCUT2D eigenvalue weighted by molar-refractivity contribution is 0.583. The molecule has 136 valence electrons. The highest BCUT2D eigenvalue weighted by molar-refractivity contribution is 5.79. The van der Waals surface area contributed by atoms with E-state index in [1.807, 2.05) is 43.9 Å². The number of benzene rings is 1. The number of aryl methyl sites for hydroxylation is 3. The van der Waals surface area contributed by atoms with Crippen molar-refractivity contribution in [1.82, 2.24) is 20.4 Å². The summed E-state index contributed by atoms with van der Waals surface area (Å²) in [6.07, 6.45) is 5.68. The van der Waals surface area contributed by atoms with Gasteiger partial charge in [-0.05, 0) is 62.4 Å². The maximum Gasteiger partial charge on any atom is 0.191 e. The number of hydrogen-bond donors (Lipinski definition) is 2. The first kappa shape index (κ1) is 19.0. The van der Waals surface area contributed by atoms with Crippen LogP contribution in [0, 0.1) is 19.7 Å². The predicted octanol–water partition coefficient (Wildman–Crippen LogP) is 2.83. The van der Waals surface area contributed by atoms with Gasteiger partial charge < -0.3 is 10.6 Å². The summed E-state index contributed by atoms with van der Waals surface area (Å²) in [6.45, 7) is 9.21. The molecule has 2 aromatic rings. The zero-order chi connectivity index (χ0) is 18.1. The van der Waals surface area contributed by atoms with E-state index in [-0.39, 0.29) is 5.82 Å². The van der Waals surface area contributed by atoms with E-state index in [1.165, 1.54) is 11.6 Å². The third-order valence-corrected chi connectivity index (χ3v) is 3.91. The van der Waals surface area contributed by atoms with Crippen LogP contribution in [-0.2, 0) is 13.0 Å². The highest BCUT2D eigenvalue weighted by Crippen LogP contribution is 2.10. The molecule has 1 aromatic heterocycles. The lowest BCUT2D eigenvalue weighted by Crippen LogP contribution is -2.38. The van der Waals surface area contributed by atoms with Gasteiger partial charge in [-0.25, -0.2) is 4.39 Å². The number of guanidine groups is 1. The largest absolute Gasteiger partial charge is 0.357 e. The molecule has 0 unspecified atom stereocenters. The van der Waals surface area contributed by atoms with Gasteiger partial charge in [0.05, 0.1) is 6.20 Å². The van der Waals surface area contributed by atoms with Crippen LogP contribution in [0.2, 0.25) is 0 Å². The van der Waals surface area contributed by atoms with E-state index < -0.39 is 0 Å². The van der Waals surface area contributed by atoms with E-state index >= 15 is 0 Å². The first-order chi connectivity index (χ1) is 12.1. The Labute approximate surface area is 149 Å². The fourth-order valence-corrected chi connectivity index (χ4v) is 2.61. The summed E-state index contributed by atoms with van der Waals surface area (Å²) in [6, 6.07) is 4.94. The average molecular weight is 345 g/mol. The average Bonchev–Trinajstić information content (AvgIpc) is 2.99. The molecule has 0 fully saturated rings. The second-order valence-electron chi connectivity index (χ2n) is 6.14. The van der Waals surface area contributed by atoms with E-state index in [1.54, 1.807) is 6.07 Å². The lowest BCUT2D eigenvalue weighted by Gasteiger charge is -2.12.